The molecule has 22 heavy (non-hydrogen) atoms. The lowest BCUT2D eigenvalue weighted by atomic mass is 9.76. The molecule has 0 aliphatic carbocycles. The molecule has 1 fully saturated rings. The smallest absolute Gasteiger partial charge is 0.410 e. The topological polar surface area (TPSA) is 41.6 Å². The van der Waals surface area contributed by atoms with E-state index in [0.29, 0.717) is 32.5 Å². The van der Waals surface area contributed by atoms with E-state index in [0.717, 1.165) is 6.42 Å². The second-order valence-electron chi connectivity index (χ2n) is 7.04. The summed E-state index contributed by atoms with van der Waals surface area (Å²) < 4.78 is 42.0. The fourth-order valence-electron chi connectivity index (χ4n) is 2.61. The van der Waals surface area contributed by atoms with Crippen LogP contribution in [0.2, 0.25) is 0 Å². The Hall–Kier alpha value is -0.980. The fraction of sp³-hybridized carbons (Fsp3) is 0.933. The predicted octanol–water partition coefficient (Wildman–Crippen LogP) is 3.57. The highest BCUT2D eigenvalue weighted by molar-refractivity contribution is 5.68. The summed E-state index contributed by atoms with van der Waals surface area (Å²) in [7, 11) is 0. The minimum atomic E-state index is -4.19. The van der Waals surface area contributed by atoms with Crippen molar-refractivity contribution in [3.8, 4) is 0 Å². The lowest BCUT2D eigenvalue weighted by Crippen LogP contribution is -2.48. The minimum absolute atomic E-state index is 0.177. The van der Waals surface area contributed by atoms with Crippen LogP contribution in [0.3, 0.4) is 0 Å². The molecule has 0 radical (unpaired) electrons. The van der Waals surface area contributed by atoms with Crippen molar-refractivity contribution in [1.29, 1.82) is 0 Å². The third-order valence-electron chi connectivity index (χ3n) is 4.05. The maximum atomic E-state index is 12.2. The van der Waals surface area contributed by atoms with E-state index in [1.165, 1.54) is 0 Å². The number of nitrogens with zero attached hydrogens (tertiary/aromatic N) is 1. The lowest BCUT2D eigenvalue weighted by Gasteiger charge is -2.41. The van der Waals surface area contributed by atoms with E-state index in [-0.39, 0.29) is 11.5 Å². The zero-order valence-electron chi connectivity index (χ0n) is 13.8. The maximum absolute atomic E-state index is 12.2. The molecule has 1 heterocycles. The molecule has 1 rings (SSSR count). The fourth-order valence-corrected chi connectivity index (χ4v) is 2.61. The number of hydrogen-bond donors (Lipinski definition) is 1. The molecular weight excluding hydrogens is 297 g/mol. The van der Waals surface area contributed by atoms with Gasteiger partial charge in [0.15, 0.2) is 0 Å². The summed E-state index contributed by atoms with van der Waals surface area (Å²) in [4.78, 5) is 13.6. The molecule has 1 N–H and O–H groups in total. The lowest BCUT2D eigenvalue weighted by molar-refractivity contribution is -0.126. The molecule has 1 aliphatic rings. The normalized spacial score (nSPS) is 19.1. The zero-order chi connectivity index (χ0) is 17.0. The first-order valence-electron chi connectivity index (χ1n) is 7.72. The van der Waals surface area contributed by atoms with E-state index in [9.17, 15) is 18.0 Å². The van der Waals surface area contributed by atoms with Crippen molar-refractivity contribution >= 4 is 6.09 Å². The summed E-state index contributed by atoms with van der Waals surface area (Å²) in [5, 5.41) is 2.51. The zero-order valence-corrected chi connectivity index (χ0v) is 13.8. The third kappa shape index (κ3) is 6.42. The average molecular weight is 324 g/mol. The number of likely N-dealkylation sites (tertiary alicyclic amines) is 1. The van der Waals surface area contributed by atoms with Crippen molar-refractivity contribution in [2.75, 3.05) is 26.2 Å². The molecule has 0 aromatic carbocycles. The average Bonchev–Trinajstić information content (AvgIpc) is 2.36. The van der Waals surface area contributed by atoms with E-state index >= 15 is 0 Å². The highest BCUT2D eigenvalue weighted by Crippen LogP contribution is 2.34. The molecule has 0 aromatic rings. The van der Waals surface area contributed by atoms with Crippen molar-refractivity contribution < 1.29 is 22.7 Å². The van der Waals surface area contributed by atoms with Gasteiger partial charge in [-0.15, -0.1) is 0 Å². The first-order chi connectivity index (χ1) is 9.96. The maximum Gasteiger partial charge on any atom is 0.410 e. The van der Waals surface area contributed by atoms with E-state index < -0.39 is 18.3 Å². The van der Waals surface area contributed by atoms with Gasteiger partial charge < -0.3 is 15.0 Å². The van der Waals surface area contributed by atoms with Gasteiger partial charge in [-0.3, -0.25) is 0 Å². The Bertz CT molecular complexity index is 370. The number of halogens is 3. The molecule has 7 heteroatoms. The second-order valence-corrected chi connectivity index (χ2v) is 7.04. The summed E-state index contributed by atoms with van der Waals surface area (Å²) in [6, 6.07) is 0. The summed E-state index contributed by atoms with van der Waals surface area (Å²) >= 11 is 0. The number of hydrogen-bond acceptors (Lipinski definition) is 3. The number of ether oxygens (including phenoxy) is 1. The van der Waals surface area contributed by atoms with Gasteiger partial charge in [-0.05, 0) is 45.4 Å². The molecule has 0 aromatic heterocycles. The molecule has 1 aliphatic heterocycles. The van der Waals surface area contributed by atoms with E-state index in [1.807, 2.05) is 27.7 Å². The summed E-state index contributed by atoms with van der Waals surface area (Å²) in [5.74, 6) is 0. The highest BCUT2D eigenvalue weighted by Gasteiger charge is 2.36. The van der Waals surface area contributed by atoms with Crippen molar-refractivity contribution in [1.82, 2.24) is 10.2 Å². The molecule has 1 amide bonds. The molecule has 0 spiro atoms. The predicted molar refractivity (Wildman–Crippen MR) is 78.7 cm³/mol. The Labute approximate surface area is 130 Å². The van der Waals surface area contributed by atoms with E-state index in [4.69, 9.17) is 4.74 Å². The number of piperidine rings is 1. The van der Waals surface area contributed by atoms with Crippen LogP contribution in [0.5, 0.6) is 0 Å². The number of alkyl halides is 3. The van der Waals surface area contributed by atoms with Gasteiger partial charge in [0, 0.05) is 19.6 Å². The number of carbonyl (C=O) groups is 1. The quantitative estimate of drug-likeness (QED) is 0.859. The molecule has 0 bridgehead atoms. The number of nitrogens with one attached hydrogen (secondary N) is 1. The molecule has 130 valence electrons. The molecule has 0 atom stereocenters. The first-order valence-corrected chi connectivity index (χ1v) is 7.72. The van der Waals surface area contributed by atoms with Gasteiger partial charge in [0.05, 0.1) is 6.54 Å². The minimum Gasteiger partial charge on any atom is -0.444 e. The molecule has 0 saturated carbocycles. The van der Waals surface area contributed by atoms with Crippen LogP contribution in [0.15, 0.2) is 0 Å². The molecular formula is C15H27F3N2O2. The van der Waals surface area contributed by atoms with Gasteiger partial charge in [0.25, 0.3) is 0 Å². The van der Waals surface area contributed by atoms with Crippen LogP contribution in [0, 0.1) is 5.41 Å². The highest BCUT2D eigenvalue weighted by atomic mass is 19.4. The first kappa shape index (κ1) is 19.1. The van der Waals surface area contributed by atoms with Crippen LogP contribution >= 0.6 is 0 Å². The summed E-state index contributed by atoms with van der Waals surface area (Å²) in [5.41, 5.74) is -0.714. The molecule has 4 nitrogen and oxygen atoms in total. The van der Waals surface area contributed by atoms with Crippen LogP contribution < -0.4 is 5.32 Å². The largest absolute Gasteiger partial charge is 0.444 e. The SMILES string of the molecule is CCC1(CNCC(F)(F)F)CCN(C(=O)OC(C)(C)C)CC1. The van der Waals surface area contributed by atoms with Crippen molar-refractivity contribution in [3.63, 3.8) is 0 Å². The van der Waals surface area contributed by atoms with Crippen LogP contribution in [-0.2, 0) is 4.74 Å². The standard InChI is InChI=1S/C15H27F3N2O2/c1-5-14(10-19-11-15(16,17)18)6-8-20(9-7-14)12(21)22-13(2,3)4/h19H,5-11H2,1-4H3. The monoisotopic (exact) mass is 324 g/mol. The van der Waals surface area contributed by atoms with Crippen molar-refractivity contribution in [3.05, 3.63) is 0 Å². The number of rotatable bonds is 4. The van der Waals surface area contributed by atoms with Gasteiger partial charge >= 0.3 is 12.3 Å². The Balaban J connectivity index is 2.48. The Kier molecular flexibility index (Phi) is 6.12. The molecule has 0 unspecified atom stereocenters. The Morgan fingerprint density at radius 2 is 1.77 bits per heavy atom. The van der Waals surface area contributed by atoms with Crippen LogP contribution in [0.4, 0.5) is 18.0 Å². The number of carbonyl (C=O) groups excluding carboxylic acids is 1. The van der Waals surface area contributed by atoms with Gasteiger partial charge in [-0.1, -0.05) is 6.92 Å². The van der Waals surface area contributed by atoms with Crippen molar-refractivity contribution in [2.45, 2.75) is 58.7 Å². The van der Waals surface area contributed by atoms with Crippen LogP contribution in [0.25, 0.3) is 0 Å². The summed E-state index contributed by atoms with van der Waals surface area (Å²) in [6.45, 7) is 7.83. The number of amides is 1. The van der Waals surface area contributed by atoms with Gasteiger partial charge in [0.2, 0.25) is 0 Å². The Morgan fingerprint density at radius 3 is 2.18 bits per heavy atom. The van der Waals surface area contributed by atoms with Gasteiger partial charge in [0.1, 0.15) is 5.60 Å². The van der Waals surface area contributed by atoms with E-state index in [2.05, 4.69) is 5.32 Å². The second kappa shape index (κ2) is 7.06. The summed E-state index contributed by atoms with van der Waals surface area (Å²) in [6.07, 6.45) is -2.37. The molecule has 1 saturated heterocycles. The van der Waals surface area contributed by atoms with Crippen molar-refractivity contribution in [2.24, 2.45) is 5.41 Å². The third-order valence-corrected chi connectivity index (χ3v) is 4.05. The van der Waals surface area contributed by atoms with Crippen LogP contribution in [-0.4, -0.2) is 48.9 Å². The Morgan fingerprint density at radius 1 is 1.23 bits per heavy atom. The van der Waals surface area contributed by atoms with Gasteiger partial charge in [-0.2, -0.15) is 13.2 Å². The van der Waals surface area contributed by atoms with E-state index in [1.54, 1.807) is 4.90 Å². The van der Waals surface area contributed by atoms with Gasteiger partial charge in [-0.25, -0.2) is 4.79 Å². The van der Waals surface area contributed by atoms with Crippen LogP contribution in [0.1, 0.15) is 47.0 Å².